The summed E-state index contributed by atoms with van der Waals surface area (Å²) in [5.41, 5.74) is 0.144. The Morgan fingerprint density at radius 1 is 0.322 bits per heavy atom. The zero-order valence-corrected chi connectivity index (χ0v) is 52.4. The van der Waals surface area contributed by atoms with Crippen molar-refractivity contribution in [3.05, 3.63) is 179 Å². The van der Waals surface area contributed by atoms with Crippen LogP contribution in [0, 0.1) is 11.6 Å². The first-order valence-corrected chi connectivity index (χ1v) is 32.3. The van der Waals surface area contributed by atoms with E-state index < -0.39 is 47.6 Å². The summed E-state index contributed by atoms with van der Waals surface area (Å²) in [5, 5.41) is 1.29. The average Bonchev–Trinajstić information content (AvgIpc) is 1.61. The molecule has 0 amide bonds. The Hall–Kier alpha value is -8.59. The minimum Gasteiger partial charge on any atom is -0.494 e. The van der Waals surface area contributed by atoms with E-state index in [4.69, 9.17) is 37.9 Å². The molecule has 0 saturated carbocycles. The summed E-state index contributed by atoms with van der Waals surface area (Å²) in [4.78, 5) is 65.1. The van der Waals surface area contributed by atoms with E-state index in [1.807, 2.05) is 0 Å². The minimum atomic E-state index is -1.09. The standard InChI is InChI=1S/C75H86F2O13/c1-4-6-8-10-12-14-16-18-20-22-24-26-48-83-61-36-30-56(31-37-61)72(79)89-69-46-34-58(52-67(69)76)74(81)86-64-44-42-63(43-45-64)85-54(3)71(78)87-65-40-28-55-29-41-66(51-60(55)50-65)88-75(82)59-35-47-70(68(77)53-59)90-73(80)57-32-38-62(39-33-57)84-49-27-25-23-21-19-17-15-13-11-9-7-5-2/h28-47,50-54H,4-27,48-49H2,1-3H3. The van der Waals surface area contributed by atoms with Crippen molar-refractivity contribution in [3.63, 3.8) is 0 Å². The first kappa shape index (κ1) is 68.9. The summed E-state index contributed by atoms with van der Waals surface area (Å²) in [6.45, 7) is 7.13. The molecule has 0 spiro atoms. The van der Waals surface area contributed by atoms with Crippen molar-refractivity contribution in [2.45, 2.75) is 181 Å². The van der Waals surface area contributed by atoms with Crippen LogP contribution in [0.4, 0.5) is 8.78 Å². The van der Waals surface area contributed by atoms with Gasteiger partial charge in [0, 0.05) is 0 Å². The molecule has 7 aromatic rings. The average molecular weight is 1230 g/mol. The number of esters is 5. The Morgan fingerprint density at radius 2 is 0.644 bits per heavy atom. The third-order valence-electron chi connectivity index (χ3n) is 15.3. The van der Waals surface area contributed by atoms with E-state index in [9.17, 15) is 24.0 Å². The van der Waals surface area contributed by atoms with Crippen molar-refractivity contribution >= 4 is 40.6 Å². The molecule has 1 atom stereocenters. The molecule has 0 aliphatic carbocycles. The van der Waals surface area contributed by atoms with Gasteiger partial charge in [0.15, 0.2) is 29.2 Å². The van der Waals surface area contributed by atoms with Gasteiger partial charge < -0.3 is 37.9 Å². The summed E-state index contributed by atoms with van der Waals surface area (Å²) in [6, 6.07) is 35.2. The maximum atomic E-state index is 15.2. The second-order valence-electron chi connectivity index (χ2n) is 22.7. The largest absolute Gasteiger partial charge is 0.494 e. The maximum Gasteiger partial charge on any atom is 0.352 e. The molecule has 0 heterocycles. The third-order valence-corrected chi connectivity index (χ3v) is 15.3. The van der Waals surface area contributed by atoms with E-state index in [1.165, 1.54) is 184 Å². The molecular weight excluding hydrogens is 1150 g/mol. The molecule has 0 aliphatic rings. The number of carbonyl (C=O) groups is 5. The first-order valence-electron chi connectivity index (χ1n) is 32.3. The fourth-order valence-corrected chi connectivity index (χ4v) is 10.1. The molecule has 0 radical (unpaired) electrons. The predicted octanol–water partition coefficient (Wildman–Crippen LogP) is 19.5. The Morgan fingerprint density at radius 3 is 1.04 bits per heavy atom. The number of hydrogen-bond acceptors (Lipinski definition) is 13. The van der Waals surface area contributed by atoms with Crippen LogP contribution in [0.25, 0.3) is 10.8 Å². The van der Waals surface area contributed by atoms with Crippen LogP contribution in [0.2, 0.25) is 0 Å². The molecule has 13 nitrogen and oxygen atoms in total. The van der Waals surface area contributed by atoms with Gasteiger partial charge in [-0.2, -0.15) is 0 Å². The van der Waals surface area contributed by atoms with Crippen molar-refractivity contribution in [1.82, 2.24) is 0 Å². The molecule has 90 heavy (non-hydrogen) atoms. The van der Waals surface area contributed by atoms with Crippen molar-refractivity contribution in [3.8, 4) is 46.0 Å². The van der Waals surface area contributed by atoms with Crippen LogP contribution in [-0.4, -0.2) is 49.2 Å². The van der Waals surface area contributed by atoms with Crippen LogP contribution in [0.15, 0.2) is 146 Å². The second kappa shape index (κ2) is 38.1. The number of rotatable bonds is 40. The highest BCUT2D eigenvalue weighted by atomic mass is 19.1. The van der Waals surface area contributed by atoms with Gasteiger partial charge in [-0.3, -0.25) is 0 Å². The first-order chi connectivity index (χ1) is 43.8. The van der Waals surface area contributed by atoms with E-state index in [-0.39, 0.29) is 56.8 Å². The fraction of sp³-hybridized carbons (Fsp3) is 0.400. The zero-order valence-electron chi connectivity index (χ0n) is 52.4. The van der Waals surface area contributed by atoms with Crippen LogP contribution in [0.5, 0.6) is 46.0 Å². The Kier molecular flexibility index (Phi) is 29.1. The van der Waals surface area contributed by atoms with E-state index >= 15 is 8.78 Å². The Balaban J connectivity index is 0.785. The third kappa shape index (κ3) is 23.7. The number of carbonyl (C=O) groups excluding carboxylic acids is 5. The lowest BCUT2D eigenvalue weighted by molar-refractivity contribution is -0.141. The molecular formula is C75H86F2O13. The number of halogens is 2. The van der Waals surface area contributed by atoms with Gasteiger partial charge in [0.25, 0.3) is 0 Å². The summed E-state index contributed by atoms with van der Waals surface area (Å²) in [6.07, 6.45) is 29.1. The summed E-state index contributed by atoms with van der Waals surface area (Å²) in [7, 11) is 0. The molecule has 15 heteroatoms. The molecule has 0 saturated heterocycles. The highest BCUT2D eigenvalue weighted by Crippen LogP contribution is 2.29. The molecule has 0 bridgehead atoms. The van der Waals surface area contributed by atoms with Crippen LogP contribution < -0.4 is 37.9 Å². The summed E-state index contributed by atoms with van der Waals surface area (Å²) >= 11 is 0. The fourth-order valence-electron chi connectivity index (χ4n) is 10.1. The highest BCUT2D eigenvalue weighted by Gasteiger charge is 2.21. The van der Waals surface area contributed by atoms with Gasteiger partial charge in [-0.05, 0) is 164 Å². The van der Waals surface area contributed by atoms with E-state index in [2.05, 4.69) is 13.8 Å². The van der Waals surface area contributed by atoms with Gasteiger partial charge in [0.2, 0.25) is 0 Å². The molecule has 7 aromatic carbocycles. The normalized spacial score (nSPS) is 11.4. The topological polar surface area (TPSA) is 159 Å². The number of hydrogen-bond donors (Lipinski definition) is 0. The van der Waals surface area contributed by atoms with Crippen molar-refractivity contribution < 1.29 is 70.6 Å². The van der Waals surface area contributed by atoms with Gasteiger partial charge in [-0.1, -0.05) is 167 Å². The van der Waals surface area contributed by atoms with Gasteiger partial charge in [-0.25, -0.2) is 32.8 Å². The van der Waals surface area contributed by atoms with Gasteiger partial charge in [-0.15, -0.1) is 0 Å². The van der Waals surface area contributed by atoms with E-state index in [0.29, 0.717) is 30.1 Å². The van der Waals surface area contributed by atoms with Crippen molar-refractivity contribution in [1.29, 1.82) is 0 Å². The van der Waals surface area contributed by atoms with Crippen LogP contribution in [0.1, 0.15) is 216 Å². The lowest BCUT2D eigenvalue weighted by atomic mass is 10.1. The van der Waals surface area contributed by atoms with Gasteiger partial charge in [0.05, 0.1) is 35.5 Å². The Labute approximate surface area is 528 Å². The van der Waals surface area contributed by atoms with Crippen LogP contribution in [-0.2, 0) is 4.79 Å². The highest BCUT2D eigenvalue weighted by molar-refractivity contribution is 5.95. The van der Waals surface area contributed by atoms with Crippen molar-refractivity contribution in [2.24, 2.45) is 0 Å². The summed E-state index contributed by atoms with van der Waals surface area (Å²) in [5.74, 6) is -4.73. The Bertz CT molecular complexity index is 3360. The van der Waals surface area contributed by atoms with Gasteiger partial charge >= 0.3 is 29.8 Å². The number of fused-ring (bicyclic) bond motifs is 1. The maximum absolute atomic E-state index is 15.2. The lowest BCUT2D eigenvalue weighted by Crippen LogP contribution is -2.28. The molecule has 478 valence electrons. The van der Waals surface area contributed by atoms with Gasteiger partial charge in [0.1, 0.15) is 34.5 Å². The lowest BCUT2D eigenvalue weighted by Gasteiger charge is -2.14. The quantitative estimate of drug-likeness (QED) is 0.0203. The second-order valence-corrected chi connectivity index (χ2v) is 22.7. The van der Waals surface area contributed by atoms with E-state index in [1.54, 1.807) is 84.9 Å². The number of benzene rings is 7. The molecule has 1 unspecified atom stereocenters. The SMILES string of the molecule is CCCCCCCCCCCCCCOc1ccc(C(=O)Oc2ccc(C(=O)Oc3ccc(OC(C)C(=O)Oc4ccc5ccc(OC(=O)c6ccc(OC(=O)c7ccc(OCCCCCCCCCCCCCC)cc7)c(F)c6)cc5c4)cc3)cc2F)cc1. The molecule has 7 rings (SSSR count). The van der Waals surface area contributed by atoms with Crippen LogP contribution >= 0.6 is 0 Å². The number of ether oxygens (including phenoxy) is 8. The zero-order chi connectivity index (χ0) is 63.7. The molecule has 0 aromatic heterocycles. The van der Waals surface area contributed by atoms with Crippen molar-refractivity contribution in [2.75, 3.05) is 13.2 Å². The minimum absolute atomic E-state index is 0.104. The van der Waals surface area contributed by atoms with Crippen LogP contribution in [0.3, 0.4) is 0 Å². The monoisotopic (exact) mass is 1230 g/mol. The molecule has 0 N–H and O–H groups in total. The smallest absolute Gasteiger partial charge is 0.352 e. The van der Waals surface area contributed by atoms with E-state index in [0.717, 1.165) is 43.2 Å². The predicted molar refractivity (Wildman–Crippen MR) is 345 cm³/mol. The molecule has 0 fully saturated rings. The summed E-state index contributed by atoms with van der Waals surface area (Å²) < 4.78 is 75.1. The molecule has 0 aliphatic heterocycles. The number of unbranched alkanes of at least 4 members (excludes halogenated alkanes) is 22.